The summed E-state index contributed by atoms with van der Waals surface area (Å²) in [5.41, 5.74) is 0.488. The molecule has 0 bridgehead atoms. The highest BCUT2D eigenvalue weighted by molar-refractivity contribution is 7.13. The number of nitrogens with one attached hydrogen (secondary N) is 1. The Labute approximate surface area is 143 Å². The molecule has 0 saturated carbocycles. The molecule has 0 radical (unpaired) electrons. The van der Waals surface area contributed by atoms with Gasteiger partial charge < -0.3 is 5.32 Å². The second-order valence-corrected chi connectivity index (χ2v) is 6.87. The summed E-state index contributed by atoms with van der Waals surface area (Å²) in [6.45, 7) is 3.31. The van der Waals surface area contributed by atoms with Gasteiger partial charge in [-0.25, -0.2) is 13.8 Å². The fraction of sp³-hybridized carbons (Fsp3) is 0.412. The van der Waals surface area contributed by atoms with Crippen molar-refractivity contribution in [2.75, 3.05) is 18.4 Å². The van der Waals surface area contributed by atoms with Gasteiger partial charge in [0.15, 0.2) is 5.13 Å². The molecule has 1 fully saturated rings. The number of benzene rings is 1. The standard InChI is InChI=1S/C17H19F2N3OS/c1-11(14-3-2-13(18)10-15(14)19)22-7-4-12(5-8-22)16(23)21-17-20-6-9-24-17/h2-3,6,9-12H,4-5,7-8H2,1H3,(H,20,21,23)/t11-/m0/s1. The van der Waals surface area contributed by atoms with Gasteiger partial charge in [-0.1, -0.05) is 6.07 Å². The van der Waals surface area contributed by atoms with Crippen molar-refractivity contribution in [2.45, 2.75) is 25.8 Å². The zero-order chi connectivity index (χ0) is 17.1. The number of amides is 1. The van der Waals surface area contributed by atoms with Crippen molar-refractivity contribution in [1.29, 1.82) is 0 Å². The van der Waals surface area contributed by atoms with Crippen molar-refractivity contribution < 1.29 is 13.6 Å². The minimum atomic E-state index is -0.569. The van der Waals surface area contributed by atoms with Crippen LogP contribution in [0, 0.1) is 17.6 Å². The Hall–Kier alpha value is -1.86. The van der Waals surface area contributed by atoms with E-state index in [4.69, 9.17) is 0 Å². The summed E-state index contributed by atoms with van der Waals surface area (Å²) in [7, 11) is 0. The quantitative estimate of drug-likeness (QED) is 0.910. The summed E-state index contributed by atoms with van der Waals surface area (Å²) >= 11 is 1.39. The molecule has 4 nitrogen and oxygen atoms in total. The molecule has 3 rings (SSSR count). The molecule has 24 heavy (non-hydrogen) atoms. The predicted molar refractivity (Wildman–Crippen MR) is 89.8 cm³/mol. The molecule has 0 spiro atoms. The van der Waals surface area contributed by atoms with E-state index in [9.17, 15) is 13.6 Å². The van der Waals surface area contributed by atoms with Gasteiger partial charge in [0.25, 0.3) is 0 Å². The van der Waals surface area contributed by atoms with Crippen LogP contribution in [-0.4, -0.2) is 28.9 Å². The Balaban J connectivity index is 1.57. The molecule has 2 heterocycles. The molecule has 1 amide bonds. The predicted octanol–water partition coefficient (Wildman–Crippen LogP) is 3.83. The van der Waals surface area contributed by atoms with E-state index in [1.165, 1.54) is 23.5 Å². The number of aromatic nitrogens is 1. The zero-order valence-corrected chi connectivity index (χ0v) is 14.2. The van der Waals surface area contributed by atoms with E-state index in [1.807, 2.05) is 12.3 Å². The third-order valence-electron chi connectivity index (χ3n) is 4.52. The van der Waals surface area contributed by atoms with Gasteiger partial charge in [-0.05, 0) is 38.9 Å². The number of nitrogens with zero attached hydrogens (tertiary/aromatic N) is 2. The van der Waals surface area contributed by atoms with Crippen LogP contribution in [0.4, 0.5) is 13.9 Å². The van der Waals surface area contributed by atoms with E-state index in [0.29, 0.717) is 36.6 Å². The molecule has 1 aromatic heterocycles. The van der Waals surface area contributed by atoms with Crippen LogP contribution in [0.5, 0.6) is 0 Å². The molecule has 0 aliphatic carbocycles. The van der Waals surface area contributed by atoms with Gasteiger partial charge in [0.05, 0.1) is 0 Å². The highest BCUT2D eigenvalue weighted by Crippen LogP contribution is 2.29. The molecule has 2 aromatic rings. The van der Waals surface area contributed by atoms with Gasteiger partial charge in [0.2, 0.25) is 5.91 Å². The average Bonchev–Trinajstić information content (AvgIpc) is 3.07. The van der Waals surface area contributed by atoms with E-state index in [2.05, 4.69) is 15.2 Å². The Morgan fingerprint density at radius 2 is 2.12 bits per heavy atom. The van der Waals surface area contributed by atoms with Crippen molar-refractivity contribution in [2.24, 2.45) is 5.92 Å². The number of likely N-dealkylation sites (tertiary alicyclic amines) is 1. The van der Waals surface area contributed by atoms with Crippen LogP contribution in [0.2, 0.25) is 0 Å². The van der Waals surface area contributed by atoms with E-state index in [-0.39, 0.29) is 17.9 Å². The summed E-state index contributed by atoms with van der Waals surface area (Å²) in [4.78, 5) is 18.4. The van der Waals surface area contributed by atoms with Crippen molar-refractivity contribution in [3.63, 3.8) is 0 Å². The second-order valence-electron chi connectivity index (χ2n) is 5.98. The molecular weight excluding hydrogens is 332 g/mol. The maximum atomic E-state index is 13.9. The lowest BCUT2D eigenvalue weighted by Gasteiger charge is -2.35. The number of anilines is 1. The zero-order valence-electron chi connectivity index (χ0n) is 13.3. The summed E-state index contributed by atoms with van der Waals surface area (Å²) in [5.74, 6) is -1.16. The minimum absolute atomic E-state index is 0.00906. The van der Waals surface area contributed by atoms with Crippen molar-refractivity contribution in [3.05, 3.63) is 47.0 Å². The smallest absolute Gasteiger partial charge is 0.229 e. The molecule has 1 atom stereocenters. The normalized spacial score (nSPS) is 17.6. The first kappa shape index (κ1) is 17.0. The number of rotatable bonds is 4. The SMILES string of the molecule is C[C@@H](c1ccc(F)cc1F)N1CCC(C(=O)Nc2nccs2)CC1. The summed E-state index contributed by atoms with van der Waals surface area (Å²) in [6, 6.07) is 3.55. The number of piperidine rings is 1. The first-order valence-electron chi connectivity index (χ1n) is 7.94. The van der Waals surface area contributed by atoms with Crippen LogP contribution < -0.4 is 5.32 Å². The largest absolute Gasteiger partial charge is 0.302 e. The van der Waals surface area contributed by atoms with Gasteiger partial charge in [0, 0.05) is 35.2 Å². The van der Waals surface area contributed by atoms with Crippen LogP contribution >= 0.6 is 11.3 Å². The highest BCUT2D eigenvalue weighted by atomic mass is 32.1. The average molecular weight is 351 g/mol. The summed E-state index contributed by atoms with van der Waals surface area (Å²) in [5, 5.41) is 5.26. The minimum Gasteiger partial charge on any atom is -0.302 e. The van der Waals surface area contributed by atoms with E-state index < -0.39 is 11.6 Å². The summed E-state index contributed by atoms with van der Waals surface area (Å²) < 4.78 is 27.0. The van der Waals surface area contributed by atoms with E-state index in [0.717, 1.165) is 6.07 Å². The van der Waals surface area contributed by atoms with Gasteiger partial charge >= 0.3 is 0 Å². The topological polar surface area (TPSA) is 45.2 Å². The fourth-order valence-electron chi connectivity index (χ4n) is 3.08. The van der Waals surface area contributed by atoms with Crippen LogP contribution in [0.3, 0.4) is 0 Å². The monoisotopic (exact) mass is 351 g/mol. The highest BCUT2D eigenvalue weighted by Gasteiger charge is 2.29. The Bertz CT molecular complexity index is 700. The van der Waals surface area contributed by atoms with Crippen LogP contribution in [0.15, 0.2) is 29.8 Å². The number of hydrogen-bond donors (Lipinski definition) is 1. The van der Waals surface area contributed by atoms with Crippen molar-refractivity contribution in [3.8, 4) is 0 Å². The second kappa shape index (κ2) is 7.36. The van der Waals surface area contributed by atoms with E-state index in [1.54, 1.807) is 6.20 Å². The number of thiazole rings is 1. The van der Waals surface area contributed by atoms with Crippen LogP contribution in [0.25, 0.3) is 0 Å². The van der Waals surface area contributed by atoms with Crippen molar-refractivity contribution >= 4 is 22.4 Å². The Kier molecular flexibility index (Phi) is 5.20. The first-order valence-corrected chi connectivity index (χ1v) is 8.82. The molecule has 7 heteroatoms. The molecule has 1 aliphatic heterocycles. The number of carbonyl (C=O) groups is 1. The third-order valence-corrected chi connectivity index (χ3v) is 5.21. The maximum absolute atomic E-state index is 13.9. The van der Waals surface area contributed by atoms with Crippen LogP contribution in [-0.2, 0) is 4.79 Å². The number of hydrogen-bond acceptors (Lipinski definition) is 4. The number of halogens is 2. The van der Waals surface area contributed by atoms with Gasteiger partial charge in [-0.2, -0.15) is 0 Å². The van der Waals surface area contributed by atoms with Gasteiger partial charge in [0.1, 0.15) is 11.6 Å². The number of carbonyl (C=O) groups excluding carboxylic acids is 1. The van der Waals surface area contributed by atoms with E-state index >= 15 is 0 Å². The van der Waals surface area contributed by atoms with Gasteiger partial charge in [-0.15, -0.1) is 11.3 Å². The lowest BCUT2D eigenvalue weighted by Crippen LogP contribution is -2.39. The Morgan fingerprint density at radius 1 is 1.38 bits per heavy atom. The molecular formula is C17H19F2N3OS. The molecule has 1 saturated heterocycles. The lowest BCUT2D eigenvalue weighted by atomic mass is 9.94. The molecule has 0 unspecified atom stereocenters. The third kappa shape index (κ3) is 3.79. The van der Waals surface area contributed by atoms with Crippen molar-refractivity contribution in [1.82, 2.24) is 9.88 Å². The molecule has 128 valence electrons. The maximum Gasteiger partial charge on any atom is 0.229 e. The Morgan fingerprint density at radius 3 is 2.75 bits per heavy atom. The molecule has 1 aliphatic rings. The van der Waals surface area contributed by atoms with Gasteiger partial charge in [-0.3, -0.25) is 9.69 Å². The fourth-order valence-corrected chi connectivity index (χ4v) is 3.61. The molecule has 1 aromatic carbocycles. The van der Waals surface area contributed by atoms with Crippen LogP contribution in [0.1, 0.15) is 31.4 Å². The first-order chi connectivity index (χ1) is 11.5. The molecule has 1 N–H and O–H groups in total. The lowest BCUT2D eigenvalue weighted by molar-refractivity contribution is -0.121. The summed E-state index contributed by atoms with van der Waals surface area (Å²) in [6.07, 6.45) is 3.08.